The topological polar surface area (TPSA) is 64.3 Å². The summed E-state index contributed by atoms with van der Waals surface area (Å²) in [5.41, 5.74) is 7.33. The van der Waals surface area contributed by atoms with Crippen LogP contribution in [0.25, 0.3) is 0 Å². The highest BCUT2D eigenvalue weighted by Gasteiger charge is 2.15. The number of rotatable bonds is 6. The van der Waals surface area contributed by atoms with E-state index in [9.17, 15) is 4.79 Å². The van der Waals surface area contributed by atoms with Crippen molar-refractivity contribution in [2.75, 3.05) is 12.4 Å². The zero-order valence-corrected chi connectivity index (χ0v) is 12.9. The first-order valence-corrected chi connectivity index (χ1v) is 7.89. The van der Waals surface area contributed by atoms with E-state index >= 15 is 0 Å². The van der Waals surface area contributed by atoms with Gasteiger partial charge in [-0.1, -0.05) is 38.2 Å². The molecule has 0 saturated heterocycles. The number of hydrogen-bond acceptors (Lipinski definition) is 3. The summed E-state index contributed by atoms with van der Waals surface area (Å²) in [4.78, 5) is 12.1. The Bertz CT molecular complexity index is 468. The largest absolute Gasteiger partial charge is 0.495 e. The van der Waals surface area contributed by atoms with Crippen LogP contribution >= 0.6 is 0 Å². The van der Waals surface area contributed by atoms with Crippen molar-refractivity contribution in [2.45, 2.75) is 51.5 Å². The van der Waals surface area contributed by atoms with Crippen LogP contribution in [0, 0.1) is 5.92 Å². The highest BCUT2D eigenvalue weighted by Crippen LogP contribution is 2.28. The fourth-order valence-electron chi connectivity index (χ4n) is 2.99. The number of hydrogen-bond donors (Lipinski definition) is 2. The molecule has 0 aliphatic heterocycles. The molecular weight excluding hydrogens is 264 g/mol. The van der Waals surface area contributed by atoms with Gasteiger partial charge >= 0.3 is 0 Å². The van der Waals surface area contributed by atoms with Crippen molar-refractivity contribution >= 4 is 11.6 Å². The number of nitrogens with one attached hydrogen (secondary N) is 1. The molecule has 4 nitrogen and oxygen atoms in total. The monoisotopic (exact) mass is 290 g/mol. The van der Waals surface area contributed by atoms with Gasteiger partial charge in [-0.05, 0) is 30.0 Å². The Morgan fingerprint density at radius 2 is 2.10 bits per heavy atom. The van der Waals surface area contributed by atoms with Gasteiger partial charge in [-0.2, -0.15) is 0 Å². The van der Waals surface area contributed by atoms with Gasteiger partial charge < -0.3 is 15.8 Å². The van der Waals surface area contributed by atoms with E-state index in [0.29, 0.717) is 18.7 Å². The maximum Gasteiger partial charge on any atom is 0.224 e. The van der Waals surface area contributed by atoms with Crippen LogP contribution in [0.15, 0.2) is 18.2 Å². The highest BCUT2D eigenvalue weighted by atomic mass is 16.5. The Morgan fingerprint density at radius 1 is 1.33 bits per heavy atom. The van der Waals surface area contributed by atoms with E-state index in [-0.39, 0.29) is 5.91 Å². The molecule has 1 aliphatic carbocycles. The number of amides is 1. The van der Waals surface area contributed by atoms with E-state index in [0.717, 1.165) is 23.6 Å². The van der Waals surface area contributed by atoms with Crippen LogP contribution in [0.4, 0.5) is 5.69 Å². The molecule has 0 radical (unpaired) electrons. The van der Waals surface area contributed by atoms with Gasteiger partial charge in [0.25, 0.3) is 0 Å². The van der Waals surface area contributed by atoms with E-state index in [4.69, 9.17) is 10.5 Å². The summed E-state index contributed by atoms with van der Waals surface area (Å²) in [6.07, 6.45) is 8.14. The number of carbonyl (C=O) groups is 1. The third kappa shape index (κ3) is 4.74. The average molecular weight is 290 g/mol. The van der Waals surface area contributed by atoms with E-state index in [1.165, 1.54) is 32.1 Å². The number of carbonyl (C=O) groups excluding carboxylic acids is 1. The first kappa shape index (κ1) is 15.8. The summed E-state index contributed by atoms with van der Waals surface area (Å²) in [6.45, 7) is 0.465. The van der Waals surface area contributed by atoms with Gasteiger partial charge in [-0.25, -0.2) is 0 Å². The summed E-state index contributed by atoms with van der Waals surface area (Å²) >= 11 is 0. The number of nitrogens with two attached hydrogens (primary N) is 1. The molecule has 0 unspecified atom stereocenters. The Kier molecular flexibility index (Phi) is 6.05. The van der Waals surface area contributed by atoms with Gasteiger partial charge in [0.15, 0.2) is 0 Å². The molecule has 1 aromatic rings. The summed E-state index contributed by atoms with van der Waals surface area (Å²) in [5, 5.41) is 2.95. The van der Waals surface area contributed by atoms with Crippen LogP contribution < -0.4 is 15.8 Å². The molecule has 0 heterocycles. The second-order valence-corrected chi connectivity index (χ2v) is 5.83. The van der Waals surface area contributed by atoms with Crippen molar-refractivity contribution in [2.24, 2.45) is 11.7 Å². The standard InChI is InChI=1S/C17H26N2O2/c1-21-16-11-14(12-18)7-9-15(16)19-17(20)10-8-13-5-3-2-4-6-13/h7,9,11,13H,2-6,8,10,12,18H2,1H3,(H,19,20). The molecule has 0 atom stereocenters. The summed E-state index contributed by atoms with van der Waals surface area (Å²) in [5.74, 6) is 1.47. The van der Waals surface area contributed by atoms with Gasteiger partial charge in [0.1, 0.15) is 5.75 Å². The maximum atomic E-state index is 12.1. The molecular formula is C17H26N2O2. The van der Waals surface area contributed by atoms with Crippen LogP contribution in [0.2, 0.25) is 0 Å². The fraction of sp³-hybridized carbons (Fsp3) is 0.588. The third-order valence-corrected chi connectivity index (χ3v) is 4.28. The van der Waals surface area contributed by atoms with Crippen LogP contribution in [-0.2, 0) is 11.3 Å². The molecule has 3 N–H and O–H groups in total. The number of benzene rings is 1. The second-order valence-electron chi connectivity index (χ2n) is 5.83. The summed E-state index contributed by atoms with van der Waals surface area (Å²) in [7, 11) is 1.60. The van der Waals surface area contributed by atoms with Crippen LogP contribution in [0.1, 0.15) is 50.5 Å². The molecule has 4 heteroatoms. The van der Waals surface area contributed by atoms with E-state index in [1.54, 1.807) is 7.11 Å². The van der Waals surface area contributed by atoms with E-state index in [2.05, 4.69) is 5.32 Å². The van der Waals surface area contributed by atoms with Crippen molar-refractivity contribution < 1.29 is 9.53 Å². The molecule has 2 rings (SSSR count). The van der Waals surface area contributed by atoms with Crippen molar-refractivity contribution in [1.82, 2.24) is 0 Å². The predicted molar refractivity (Wildman–Crippen MR) is 85.3 cm³/mol. The van der Waals surface area contributed by atoms with Crippen LogP contribution in [-0.4, -0.2) is 13.0 Å². The molecule has 1 aliphatic rings. The smallest absolute Gasteiger partial charge is 0.224 e. The number of anilines is 1. The number of ether oxygens (including phenoxy) is 1. The molecule has 0 spiro atoms. The van der Waals surface area contributed by atoms with Crippen LogP contribution in [0.5, 0.6) is 5.75 Å². The maximum absolute atomic E-state index is 12.1. The Balaban J connectivity index is 1.86. The first-order chi connectivity index (χ1) is 10.2. The predicted octanol–water partition coefficient (Wildman–Crippen LogP) is 3.45. The van der Waals surface area contributed by atoms with Crippen molar-refractivity contribution in [1.29, 1.82) is 0 Å². The van der Waals surface area contributed by atoms with Crippen LogP contribution in [0.3, 0.4) is 0 Å². The molecule has 0 aromatic heterocycles. The Hall–Kier alpha value is -1.55. The molecule has 1 fully saturated rings. The van der Waals surface area contributed by atoms with Crippen molar-refractivity contribution in [3.63, 3.8) is 0 Å². The number of methoxy groups -OCH3 is 1. The second kappa shape index (κ2) is 8.03. The molecule has 1 aromatic carbocycles. The van der Waals surface area contributed by atoms with Gasteiger partial charge in [-0.3, -0.25) is 4.79 Å². The fourth-order valence-corrected chi connectivity index (χ4v) is 2.99. The Morgan fingerprint density at radius 3 is 2.76 bits per heavy atom. The van der Waals surface area contributed by atoms with E-state index < -0.39 is 0 Å². The van der Waals surface area contributed by atoms with E-state index in [1.807, 2.05) is 18.2 Å². The van der Waals surface area contributed by atoms with Crippen molar-refractivity contribution in [3.05, 3.63) is 23.8 Å². The first-order valence-electron chi connectivity index (χ1n) is 7.89. The third-order valence-electron chi connectivity index (χ3n) is 4.28. The Labute approximate surface area is 127 Å². The lowest BCUT2D eigenvalue weighted by molar-refractivity contribution is -0.116. The zero-order valence-electron chi connectivity index (χ0n) is 12.9. The lowest BCUT2D eigenvalue weighted by Gasteiger charge is -2.21. The lowest BCUT2D eigenvalue weighted by Crippen LogP contribution is -2.15. The quantitative estimate of drug-likeness (QED) is 0.843. The van der Waals surface area contributed by atoms with Gasteiger partial charge in [0, 0.05) is 13.0 Å². The summed E-state index contributed by atoms with van der Waals surface area (Å²) < 4.78 is 5.31. The zero-order chi connectivity index (χ0) is 15.1. The highest BCUT2D eigenvalue weighted by molar-refractivity contribution is 5.92. The lowest BCUT2D eigenvalue weighted by atomic mass is 9.86. The normalized spacial score (nSPS) is 15.7. The minimum Gasteiger partial charge on any atom is -0.495 e. The van der Waals surface area contributed by atoms with Gasteiger partial charge in [0.05, 0.1) is 12.8 Å². The molecule has 0 bridgehead atoms. The molecule has 116 valence electrons. The SMILES string of the molecule is COc1cc(CN)ccc1NC(=O)CCC1CCCCC1. The summed E-state index contributed by atoms with van der Waals surface area (Å²) in [6, 6.07) is 5.65. The minimum absolute atomic E-state index is 0.0689. The van der Waals surface area contributed by atoms with Gasteiger partial charge in [-0.15, -0.1) is 0 Å². The average Bonchev–Trinajstić information content (AvgIpc) is 2.54. The van der Waals surface area contributed by atoms with Crippen molar-refractivity contribution in [3.8, 4) is 5.75 Å². The minimum atomic E-state index is 0.0689. The van der Waals surface area contributed by atoms with Gasteiger partial charge in [0.2, 0.25) is 5.91 Å². The molecule has 1 saturated carbocycles. The molecule has 1 amide bonds. The molecule has 21 heavy (non-hydrogen) atoms.